The standard InChI is InChI=1S/C20H20BrN3O5S2/c1-3-24-19(26)17(12-18(25)22-14-6-8-15(29-2)9-7-14)30-20(24)23-31(27,28)16-10-4-13(21)5-11-16/h4-11,17H,3,12H2,1-2H3,(H,22,25)/b23-20+. The summed E-state index contributed by atoms with van der Waals surface area (Å²) in [6.07, 6.45) is -0.108. The fourth-order valence-electron chi connectivity index (χ4n) is 2.82. The number of rotatable bonds is 7. The molecule has 0 radical (unpaired) electrons. The lowest BCUT2D eigenvalue weighted by Gasteiger charge is -2.13. The van der Waals surface area contributed by atoms with Crippen molar-refractivity contribution < 1.29 is 22.7 Å². The maximum absolute atomic E-state index is 12.7. The number of benzene rings is 2. The van der Waals surface area contributed by atoms with Gasteiger partial charge < -0.3 is 10.1 Å². The van der Waals surface area contributed by atoms with Crippen LogP contribution >= 0.6 is 27.7 Å². The molecule has 0 spiro atoms. The largest absolute Gasteiger partial charge is 0.497 e. The highest BCUT2D eigenvalue weighted by Crippen LogP contribution is 2.31. The number of halogens is 1. The van der Waals surface area contributed by atoms with E-state index in [2.05, 4.69) is 25.6 Å². The summed E-state index contributed by atoms with van der Waals surface area (Å²) in [5.74, 6) is -0.0443. The molecule has 2 amide bonds. The van der Waals surface area contributed by atoms with Gasteiger partial charge in [-0.15, -0.1) is 4.40 Å². The van der Waals surface area contributed by atoms with Gasteiger partial charge in [0.15, 0.2) is 5.17 Å². The SMILES string of the molecule is CCN1C(=O)C(CC(=O)Nc2ccc(OC)cc2)S/C1=N/S(=O)(=O)c1ccc(Br)cc1. The number of ether oxygens (including phenoxy) is 1. The third kappa shape index (κ3) is 5.66. The summed E-state index contributed by atoms with van der Waals surface area (Å²) in [5, 5.41) is 2.04. The lowest BCUT2D eigenvalue weighted by molar-refractivity contribution is -0.128. The number of amidine groups is 1. The van der Waals surface area contributed by atoms with E-state index in [0.29, 0.717) is 11.4 Å². The van der Waals surface area contributed by atoms with E-state index >= 15 is 0 Å². The summed E-state index contributed by atoms with van der Waals surface area (Å²) in [7, 11) is -2.45. The molecule has 31 heavy (non-hydrogen) atoms. The molecule has 2 aromatic carbocycles. The number of nitrogens with zero attached hydrogens (tertiary/aromatic N) is 2. The van der Waals surface area contributed by atoms with Crippen molar-refractivity contribution in [3.05, 3.63) is 53.0 Å². The fraction of sp³-hybridized carbons (Fsp3) is 0.250. The van der Waals surface area contributed by atoms with Crippen LogP contribution in [0.3, 0.4) is 0 Å². The molecule has 2 aromatic rings. The minimum Gasteiger partial charge on any atom is -0.497 e. The third-order valence-electron chi connectivity index (χ3n) is 4.39. The van der Waals surface area contributed by atoms with Gasteiger partial charge in [-0.1, -0.05) is 27.7 Å². The smallest absolute Gasteiger partial charge is 0.284 e. The number of thioether (sulfide) groups is 1. The van der Waals surface area contributed by atoms with Crippen LogP contribution in [0.1, 0.15) is 13.3 Å². The number of carbonyl (C=O) groups is 2. The molecule has 0 bridgehead atoms. The fourth-order valence-corrected chi connectivity index (χ4v) is 5.50. The number of nitrogens with one attached hydrogen (secondary N) is 1. The van der Waals surface area contributed by atoms with E-state index in [1.54, 1.807) is 50.4 Å². The first-order valence-corrected chi connectivity index (χ1v) is 12.4. The molecule has 8 nitrogen and oxygen atoms in total. The van der Waals surface area contributed by atoms with Gasteiger partial charge in [-0.25, -0.2) is 0 Å². The summed E-state index contributed by atoms with van der Waals surface area (Å²) < 4.78 is 35.0. The second kappa shape index (κ2) is 9.84. The predicted molar refractivity (Wildman–Crippen MR) is 124 cm³/mol. The third-order valence-corrected chi connectivity index (χ3v) is 7.49. The van der Waals surface area contributed by atoms with Crippen molar-refractivity contribution in [1.82, 2.24) is 4.90 Å². The lowest BCUT2D eigenvalue weighted by Crippen LogP contribution is -2.33. The molecule has 1 N–H and O–H groups in total. The zero-order valence-electron chi connectivity index (χ0n) is 16.7. The van der Waals surface area contributed by atoms with E-state index in [4.69, 9.17) is 4.74 Å². The molecule has 1 fully saturated rings. The minimum absolute atomic E-state index is 0.0213. The maximum Gasteiger partial charge on any atom is 0.284 e. The Morgan fingerprint density at radius 1 is 1.19 bits per heavy atom. The van der Waals surface area contributed by atoms with Crippen molar-refractivity contribution in [1.29, 1.82) is 0 Å². The van der Waals surface area contributed by atoms with E-state index in [0.717, 1.165) is 16.2 Å². The molecule has 0 aromatic heterocycles. The van der Waals surface area contributed by atoms with Crippen molar-refractivity contribution in [3.8, 4) is 5.75 Å². The highest BCUT2D eigenvalue weighted by molar-refractivity contribution is 9.10. The van der Waals surface area contributed by atoms with Crippen LogP contribution in [-0.4, -0.2) is 49.2 Å². The Morgan fingerprint density at radius 2 is 1.84 bits per heavy atom. The summed E-state index contributed by atoms with van der Waals surface area (Å²) in [6, 6.07) is 12.9. The number of sulfonamides is 1. The van der Waals surface area contributed by atoms with E-state index in [1.807, 2.05) is 0 Å². The van der Waals surface area contributed by atoms with Crippen LogP contribution in [0.25, 0.3) is 0 Å². The van der Waals surface area contributed by atoms with E-state index in [-0.39, 0.29) is 34.8 Å². The first kappa shape index (κ1) is 23.3. The van der Waals surface area contributed by atoms with Crippen LogP contribution in [0.5, 0.6) is 5.75 Å². The molecule has 1 aliphatic rings. The highest BCUT2D eigenvalue weighted by Gasteiger charge is 2.39. The summed E-state index contributed by atoms with van der Waals surface area (Å²) in [4.78, 5) is 26.4. The molecule has 11 heteroatoms. The Hall–Kier alpha value is -2.37. The Kier molecular flexibility index (Phi) is 7.39. The number of methoxy groups -OCH3 is 1. The Balaban J connectivity index is 1.73. The van der Waals surface area contributed by atoms with Crippen molar-refractivity contribution in [2.24, 2.45) is 4.40 Å². The molecule has 164 valence electrons. The summed E-state index contributed by atoms with van der Waals surface area (Å²) in [6.45, 7) is 1.97. The van der Waals surface area contributed by atoms with Crippen molar-refractivity contribution in [3.63, 3.8) is 0 Å². The minimum atomic E-state index is -3.99. The Labute approximate surface area is 193 Å². The van der Waals surface area contributed by atoms with Gasteiger partial charge in [-0.2, -0.15) is 8.42 Å². The zero-order valence-corrected chi connectivity index (χ0v) is 20.0. The van der Waals surface area contributed by atoms with Crippen LogP contribution < -0.4 is 10.1 Å². The van der Waals surface area contributed by atoms with E-state index in [1.165, 1.54) is 17.0 Å². The summed E-state index contributed by atoms with van der Waals surface area (Å²) >= 11 is 4.24. The van der Waals surface area contributed by atoms with Crippen LogP contribution in [0, 0.1) is 0 Å². The van der Waals surface area contributed by atoms with Gasteiger partial charge in [0.1, 0.15) is 11.0 Å². The van der Waals surface area contributed by atoms with Crippen molar-refractivity contribution in [2.75, 3.05) is 19.0 Å². The molecule has 3 rings (SSSR count). The van der Waals surface area contributed by atoms with Gasteiger partial charge in [0.25, 0.3) is 10.0 Å². The van der Waals surface area contributed by atoms with Crippen molar-refractivity contribution >= 4 is 60.4 Å². The molecular formula is C20H20BrN3O5S2. The molecule has 0 saturated carbocycles. The number of hydrogen-bond donors (Lipinski definition) is 1. The van der Waals surface area contributed by atoms with Gasteiger partial charge in [-0.3, -0.25) is 14.5 Å². The van der Waals surface area contributed by atoms with Gasteiger partial charge in [0.2, 0.25) is 11.8 Å². The first-order chi connectivity index (χ1) is 14.7. The first-order valence-electron chi connectivity index (χ1n) is 9.26. The predicted octanol–water partition coefficient (Wildman–Crippen LogP) is 3.50. The van der Waals surface area contributed by atoms with E-state index < -0.39 is 15.3 Å². The van der Waals surface area contributed by atoms with Gasteiger partial charge in [-0.05, 0) is 55.5 Å². The second-order valence-corrected chi connectivity index (χ2v) is 10.2. The average molecular weight is 526 g/mol. The van der Waals surface area contributed by atoms with Crippen LogP contribution in [-0.2, 0) is 19.6 Å². The van der Waals surface area contributed by atoms with E-state index in [9.17, 15) is 18.0 Å². The van der Waals surface area contributed by atoms with Crippen LogP contribution in [0.2, 0.25) is 0 Å². The number of hydrogen-bond acceptors (Lipinski definition) is 6. The number of anilines is 1. The Bertz CT molecular complexity index is 1100. The quantitative estimate of drug-likeness (QED) is 0.592. The normalized spacial score (nSPS) is 17.8. The molecule has 1 atom stereocenters. The zero-order chi connectivity index (χ0) is 22.6. The molecule has 1 saturated heterocycles. The molecular weight excluding hydrogens is 506 g/mol. The highest BCUT2D eigenvalue weighted by atomic mass is 79.9. The molecule has 0 aliphatic carbocycles. The summed E-state index contributed by atoms with van der Waals surface area (Å²) in [5.41, 5.74) is 0.570. The van der Waals surface area contributed by atoms with Crippen molar-refractivity contribution in [2.45, 2.75) is 23.5 Å². The van der Waals surface area contributed by atoms with Gasteiger partial charge in [0, 0.05) is 23.1 Å². The Morgan fingerprint density at radius 3 is 2.42 bits per heavy atom. The number of amides is 2. The molecule has 1 heterocycles. The van der Waals surface area contributed by atoms with Gasteiger partial charge in [0.05, 0.1) is 12.0 Å². The van der Waals surface area contributed by atoms with Crippen LogP contribution in [0.4, 0.5) is 5.69 Å². The number of carbonyl (C=O) groups excluding carboxylic acids is 2. The van der Waals surface area contributed by atoms with Crippen LogP contribution in [0.15, 0.2) is 62.3 Å². The lowest BCUT2D eigenvalue weighted by atomic mass is 10.2. The van der Waals surface area contributed by atoms with Gasteiger partial charge >= 0.3 is 0 Å². The molecule has 1 aliphatic heterocycles. The second-order valence-electron chi connectivity index (χ2n) is 6.47. The average Bonchev–Trinajstić information content (AvgIpc) is 3.02. The topological polar surface area (TPSA) is 105 Å². The monoisotopic (exact) mass is 525 g/mol. The maximum atomic E-state index is 12.7. The molecule has 1 unspecified atom stereocenters.